The average molecular weight is 291 g/mol. The van der Waals surface area contributed by atoms with E-state index in [1.807, 2.05) is 52.1 Å². The van der Waals surface area contributed by atoms with Crippen LogP contribution in [0.2, 0.25) is 5.02 Å². The Labute approximate surface area is 123 Å². The third-order valence-electron chi connectivity index (χ3n) is 3.67. The molecule has 0 saturated carbocycles. The summed E-state index contributed by atoms with van der Waals surface area (Å²) < 4.78 is 1.73. The van der Waals surface area contributed by atoms with Crippen molar-refractivity contribution >= 4 is 28.1 Å². The zero-order chi connectivity index (χ0) is 14.9. The van der Waals surface area contributed by atoms with E-state index >= 15 is 0 Å². The molecule has 0 aliphatic rings. The van der Waals surface area contributed by atoms with Crippen molar-refractivity contribution in [1.82, 2.24) is 9.88 Å². The molecule has 1 aromatic carbocycles. The van der Waals surface area contributed by atoms with Crippen LogP contribution >= 0.6 is 11.6 Å². The van der Waals surface area contributed by atoms with Crippen LogP contribution in [0, 0.1) is 0 Å². The third-order valence-corrected chi connectivity index (χ3v) is 3.99. The molecule has 0 bridgehead atoms. The molecule has 0 aliphatic carbocycles. The molecule has 0 amide bonds. The molecule has 2 rings (SSSR count). The Hall–Kier alpha value is -1.58. The average Bonchev–Trinajstić information content (AvgIpc) is 2.45. The van der Waals surface area contributed by atoms with E-state index in [0.717, 1.165) is 16.8 Å². The monoisotopic (exact) mass is 290 g/mol. The number of hydrogen-bond acceptors (Lipinski definition) is 2. The number of nitrogens with zero attached hydrogens (tertiary/aromatic N) is 1. The zero-order valence-corrected chi connectivity index (χ0v) is 13.0. The molecule has 0 fully saturated rings. The number of pyridine rings is 1. The summed E-state index contributed by atoms with van der Waals surface area (Å²) in [7, 11) is 1.88. The van der Waals surface area contributed by atoms with Gasteiger partial charge in [0.1, 0.15) is 0 Å². The normalized spacial score (nSPS) is 13.8. The number of fused-ring (bicyclic) bond motifs is 1. The first-order valence-electron chi connectivity index (χ1n) is 6.66. The summed E-state index contributed by atoms with van der Waals surface area (Å²) in [4.78, 5) is 12.8. The lowest BCUT2D eigenvalue weighted by molar-refractivity contribution is 0.614. The van der Waals surface area contributed by atoms with Crippen LogP contribution in [0.25, 0.3) is 16.5 Å². The molecule has 1 N–H and O–H groups in total. The van der Waals surface area contributed by atoms with Gasteiger partial charge in [0.2, 0.25) is 0 Å². The maximum atomic E-state index is 12.8. The van der Waals surface area contributed by atoms with Crippen LogP contribution in [0.15, 0.2) is 35.1 Å². The lowest BCUT2D eigenvalue weighted by Crippen LogP contribution is -2.27. The maximum absolute atomic E-state index is 12.8. The molecule has 1 aromatic heterocycles. The number of hydrogen-bond donors (Lipinski definition) is 1. The van der Waals surface area contributed by atoms with Crippen molar-refractivity contribution in [3.8, 4) is 0 Å². The number of benzene rings is 1. The standard InChI is InChI=1S/C16H19ClN2O/c1-5-10(2)19-14(11(3)18-4)9-12-7-6-8-13(17)15(12)16(19)20/h5-9,11,18H,1-4H3. The van der Waals surface area contributed by atoms with E-state index in [2.05, 4.69) is 5.32 Å². The van der Waals surface area contributed by atoms with E-state index in [0.29, 0.717) is 10.4 Å². The van der Waals surface area contributed by atoms with Gasteiger partial charge in [0.25, 0.3) is 5.56 Å². The van der Waals surface area contributed by atoms with Gasteiger partial charge in [-0.05, 0) is 45.3 Å². The van der Waals surface area contributed by atoms with Crippen LogP contribution < -0.4 is 10.9 Å². The Morgan fingerprint density at radius 2 is 2.15 bits per heavy atom. The van der Waals surface area contributed by atoms with E-state index in [4.69, 9.17) is 11.6 Å². The Morgan fingerprint density at radius 1 is 1.45 bits per heavy atom. The van der Waals surface area contributed by atoms with Crippen LogP contribution in [0.5, 0.6) is 0 Å². The van der Waals surface area contributed by atoms with Gasteiger partial charge >= 0.3 is 0 Å². The number of allylic oxidation sites excluding steroid dienone is 2. The van der Waals surface area contributed by atoms with Crippen molar-refractivity contribution in [1.29, 1.82) is 0 Å². The molecule has 0 radical (unpaired) electrons. The maximum Gasteiger partial charge on any atom is 0.264 e. The third kappa shape index (κ3) is 2.39. The van der Waals surface area contributed by atoms with Crippen LogP contribution in [0.3, 0.4) is 0 Å². The van der Waals surface area contributed by atoms with Crippen LogP contribution in [0.4, 0.5) is 0 Å². The molecular weight excluding hydrogens is 272 g/mol. The van der Waals surface area contributed by atoms with E-state index in [-0.39, 0.29) is 11.6 Å². The SMILES string of the molecule is CC=C(C)n1c(C(C)NC)cc2cccc(Cl)c2c1=O. The van der Waals surface area contributed by atoms with E-state index < -0.39 is 0 Å². The minimum atomic E-state index is -0.0687. The Bertz CT molecular complexity index is 731. The summed E-state index contributed by atoms with van der Waals surface area (Å²) in [5, 5.41) is 5.13. The fraction of sp³-hybridized carbons (Fsp3) is 0.312. The van der Waals surface area contributed by atoms with Gasteiger partial charge < -0.3 is 5.32 Å². The number of aromatic nitrogens is 1. The fourth-order valence-electron chi connectivity index (χ4n) is 2.30. The topological polar surface area (TPSA) is 34.0 Å². The van der Waals surface area contributed by atoms with E-state index in [1.54, 1.807) is 10.6 Å². The summed E-state index contributed by atoms with van der Waals surface area (Å²) in [6, 6.07) is 7.63. The largest absolute Gasteiger partial charge is 0.312 e. The van der Waals surface area contributed by atoms with Crippen molar-refractivity contribution in [2.24, 2.45) is 0 Å². The molecular formula is C16H19ClN2O. The van der Waals surface area contributed by atoms with Gasteiger partial charge in [0.15, 0.2) is 0 Å². The summed E-state index contributed by atoms with van der Waals surface area (Å²) in [6.45, 7) is 5.88. The highest BCUT2D eigenvalue weighted by Crippen LogP contribution is 2.24. The number of rotatable bonds is 3. The highest BCUT2D eigenvalue weighted by atomic mass is 35.5. The van der Waals surface area contributed by atoms with Crippen molar-refractivity contribution < 1.29 is 0 Å². The first-order valence-corrected chi connectivity index (χ1v) is 7.03. The molecule has 0 spiro atoms. The lowest BCUT2D eigenvalue weighted by Gasteiger charge is -2.20. The van der Waals surface area contributed by atoms with Gasteiger partial charge in [-0.25, -0.2) is 0 Å². The van der Waals surface area contributed by atoms with Crippen LogP contribution in [0.1, 0.15) is 32.5 Å². The van der Waals surface area contributed by atoms with Crippen molar-refractivity contribution in [2.45, 2.75) is 26.8 Å². The molecule has 20 heavy (non-hydrogen) atoms. The summed E-state index contributed by atoms with van der Waals surface area (Å²) in [6.07, 6.45) is 1.93. The van der Waals surface area contributed by atoms with Crippen LogP contribution in [-0.2, 0) is 0 Å². The lowest BCUT2D eigenvalue weighted by atomic mass is 10.1. The first-order chi connectivity index (χ1) is 9.51. The van der Waals surface area contributed by atoms with Gasteiger partial charge in [0.05, 0.1) is 10.4 Å². The zero-order valence-electron chi connectivity index (χ0n) is 12.2. The molecule has 1 heterocycles. The summed E-state index contributed by atoms with van der Waals surface area (Å²) in [5.41, 5.74) is 1.76. The minimum absolute atomic E-state index is 0.0687. The second kappa shape index (κ2) is 5.81. The highest BCUT2D eigenvalue weighted by Gasteiger charge is 2.15. The van der Waals surface area contributed by atoms with Crippen molar-refractivity contribution in [3.63, 3.8) is 0 Å². The highest BCUT2D eigenvalue weighted by molar-refractivity contribution is 6.35. The van der Waals surface area contributed by atoms with Gasteiger partial charge in [-0.1, -0.05) is 29.8 Å². The summed E-state index contributed by atoms with van der Waals surface area (Å²) >= 11 is 6.20. The second-order valence-electron chi connectivity index (χ2n) is 4.85. The van der Waals surface area contributed by atoms with Gasteiger partial charge in [-0.3, -0.25) is 9.36 Å². The summed E-state index contributed by atoms with van der Waals surface area (Å²) in [5.74, 6) is 0. The molecule has 3 nitrogen and oxygen atoms in total. The molecule has 106 valence electrons. The van der Waals surface area contributed by atoms with Gasteiger partial charge in [-0.2, -0.15) is 0 Å². The molecule has 4 heteroatoms. The van der Waals surface area contributed by atoms with E-state index in [9.17, 15) is 4.79 Å². The van der Waals surface area contributed by atoms with Crippen LogP contribution in [-0.4, -0.2) is 11.6 Å². The number of nitrogens with one attached hydrogen (secondary N) is 1. The molecule has 2 aromatic rings. The van der Waals surface area contributed by atoms with Gasteiger partial charge in [0, 0.05) is 17.4 Å². The smallest absolute Gasteiger partial charge is 0.264 e. The first kappa shape index (κ1) is 14.8. The Balaban J connectivity index is 2.95. The molecule has 0 aliphatic heterocycles. The quantitative estimate of drug-likeness (QED) is 0.932. The van der Waals surface area contributed by atoms with Crippen molar-refractivity contribution in [2.75, 3.05) is 7.05 Å². The Kier molecular flexibility index (Phi) is 4.31. The van der Waals surface area contributed by atoms with Crippen molar-refractivity contribution in [3.05, 3.63) is 51.4 Å². The fourth-order valence-corrected chi connectivity index (χ4v) is 2.56. The van der Waals surface area contributed by atoms with E-state index in [1.165, 1.54) is 0 Å². The molecule has 1 atom stereocenters. The number of halogens is 1. The molecule has 1 unspecified atom stereocenters. The predicted molar refractivity (Wildman–Crippen MR) is 86.3 cm³/mol. The minimum Gasteiger partial charge on any atom is -0.312 e. The predicted octanol–water partition coefficient (Wildman–Crippen LogP) is 3.82. The second-order valence-corrected chi connectivity index (χ2v) is 5.26. The Morgan fingerprint density at radius 3 is 2.75 bits per heavy atom. The van der Waals surface area contributed by atoms with Gasteiger partial charge in [-0.15, -0.1) is 0 Å². The molecule has 0 saturated heterocycles.